The molecule has 1 aromatic heterocycles. The second-order valence-corrected chi connectivity index (χ2v) is 4.21. The van der Waals surface area contributed by atoms with Crippen LogP contribution in [0.1, 0.15) is 5.89 Å². The molecule has 0 aliphatic carbocycles. The van der Waals surface area contributed by atoms with Gasteiger partial charge in [-0.25, -0.2) is 0 Å². The molecule has 0 spiro atoms. The molecule has 1 aromatic carbocycles. The summed E-state index contributed by atoms with van der Waals surface area (Å²) in [4.78, 5) is 10.4. The Hall–Kier alpha value is -1.99. The summed E-state index contributed by atoms with van der Waals surface area (Å²) in [6, 6.07) is 4.30. The van der Waals surface area contributed by atoms with Crippen molar-refractivity contribution in [2.24, 2.45) is 0 Å². The van der Waals surface area contributed by atoms with Crippen LogP contribution in [-0.2, 0) is 6.42 Å². The number of nitrogens with zero attached hydrogens (tertiary/aromatic N) is 3. The molecule has 0 bridgehead atoms. The number of halogens is 1. The van der Waals surface area contributed by atoms with Crippen LogP contribution in [0.3, 0.4) is 0 Å². The molecule has 19 heavy (non-hydrogen) atoms. The van der Waals surface area contributed by atoms with Crippen molar-refractivity contribution in [1.29, 1.82) is 0 Å². The predicted molar refractivity (Wildman–Crippen MR) is 69.0 cm³/mol. The summed E-state index contributed by atoms with van der Waals surface area (Å²) >= 11 is 5.74. The summed E-state index contributed by atoms with van der Waals surface area (Å²) in [5.41, 5.74) is 0.105. The number of hydrogen-bond acceptors (Lipinski definition) is 6. The quantitative estimate of drug-likeness (QED) is 0.666. The van der Waals surface area contributed by atoms with Crippen molar-refractivity contribution >= 4 is 17.3 Å². The summed E-state index contributed by atoms with van der Waals surface area (Å²) < 4.78 is 5.39. The van der Waals surface area contributed by atoms with Crippen molar-refractivity contribution in [3.63, 3.8) is 0 Å². The summed E-state index contributed by atoms with van der Waals surface area (Å²) in [5.74, 6) is 0.545. The highest BCUT2D eigenvalue weighted by Gasteiger charge is 2.20. The fourth-order valence-corrected chi connectivity index (χ4v) is 1.70. The maximum absolute atomic E-state index is 11.0. The van der Waals surface area contributed by atoms with Gasteiger partial charge in [-0.2, -0.15) is 0 Å². The first-order valence-corrected chi connectivity index (χ1v) is 5.91. The number of nitro groups is 1. The number of hydrogen-bond donors (Lipinski definition) is 1. The van der Waals surface area contributed by atoms with Crippen molar-refractivity contribution in [3.05, 3.63) is 39.2 Å². The monoisotopic (exact) mass is 282 g/mol. The van der Waals surface area contributed by atoms with E-state index < -0.39 is 4.92 Å². The van der Waals surface area contributed by atoms with E-state index in [1.807, 2.05) is 0 Å². The molecule has 100 valence electrons. The molecule has 0 amide bonds. The minimum atomic E-state index is -0.529. The number of likely N-dealkylation sites (N-methyl/N-ethyl adjacent to an activating group) is 1. The Balaban J connectivity index is 2.36. The zero-order valence-electron chi connectivity index (χ0n) is 10.1. The van der Waals surface area contributed by atoms with E-state index in [0.29, 0.717) is 18.9 Å². The van der Waals surface area contributed by atoms with Gasteiger partial charge in [-0.3, -0.25) is 10.1 Å². The zero-order chi connectivity index (χ0) is 13.8. The summed E-state index contributed by atoms with van der Waals surface area (Å²) in [5, 5.41) is 21.9. The Morgan fingerprint density at radius 1 is 1.47 bits per heavy atom. The minimum Gasteiger partial charge on any atom is -0.420 e. The van der Waals surface area contributed by atoms with Gasteiger partial charge in [0.2, 0.25) is 5.89 Å². The van der Waals surface area contributed by atoms with Gasteiger partial charge in [-0.15, -0.1) is 10.2 Å². The maximum atomic E-state index is 11.0. The molecule has 0 saturated carbocycles. The second-order valence-electron chi connectivity index (χ2n) is 3.77. The molecular weight excluding hydrogens is 272 g/mol. The standard InChI is InChI=1S/C11H11ClN4O3/c1-13-5-4-10-14-15-11(19-10)8-3-2-7(12)6-9(8)16(17)18/h2-3,6,13H,4-5H2,1H3. The van der Waals surface area contributed by atoms with Crippen LogP contribution in [-0.4, -0.2) is 28.7 Å². The lowest BCUT2D eigenvalue weighted by Crippen LogP contribution is -2.10. The first-order valence-electron chi connectivity index (χ1n) is 5.53. The molecule has 2 aromatic rings. The van der Waals surface area contributed by atoms with Gasteiger partial charge in [0.25, 0.3) is 11.6 Å². The molecule has 0 saturated heterocycles. The highest BCUT2D eigenvalue weighted by atomic mass is 35.5. The molecule has 1 heterocycles. The molecule has 1 N–H and O–H groups in total. The van der Waals surface area contributed by atoms with E-state index in [4.69, 9.17) is 16.0 Å². The highest BCUT2D eigenvalue weighted by molar-refractivity contribution is 6.30. The molecule has 0 unspecified atom stereocenters. The summed E-state index contributed by atoms with van der Waals surface area (Å²) in [6.07, 6.45) is 0.560. The first-order chi connectivity index (χ1) is 9.11. The average Bonchev–Trinajstić information content (AvgIpc) is 2.84. The van der Waals surface area contributed by atoms with Crippen LogP contribution in [0.4, 0.5) is 5.69 Å². The van der Waals surface area contributed by atoms with E-state index >= 15 is 0 Å². The number of rotatable bonds is 5. The molecule has 0 aliphatic rings. The van der Waals surface area contributed by atoms with Gasteiger partial charge in [-0.05, 0) is 19.2 Å². The topological polar surface area (TPSA) is 94.1 Å². The Kier molecular flexibility index (Phi) is 4.08. The fraction of sp³-hybridized carbons (Fsp3) is 0.273. The van der Waals surface area contributed by atoms with Crippen LogP contribution >= 0.6 is 11.6 Å². The lowest BCUT2D eigenvalue weighted by molar-refractivity contribution is -0.384. The van der Waals surface area contributed by atoms with Gasteiger partial charge in [0.15, 0.2) is 0 Å². The van der Waals surface area contributed by atoms with Crippen molar-refractivity contribution in [3.8, 4) is 11.5 Å². The minimum absolute atomic E-state index is 0.120. The van der Waals surface area contributed by atoms with Crippen LogP contribution in [0.25, 0.3) is 11.5 Å². The van der Waals surface area contributed by atoms with Gasteiger partial charge in [-0.1, -0.05) is 11.6 Å². The maximum Gasteiger partial charge on any atom is 0.283 e. The van der Waals surface area contributed by atoms with E-state index in [-0.39, 0.29) is 22.2 Å². The van der Waals surface area contributed by atoms with Crippen molar-refractivity contribution in [2.75, 3.05) is 13.6 Å². The Morgan fingerprint density at radius 3 is 2.95 bits per heavy atom. The highest BCUT2D eigenvalue weighted by Crippen LogP contribution is 2.31. The van der Waals surface area contributed by atoms with Crippen LogP contribution in [0.2, 0.25) is 5.02 Å². The van der Waals surface area contributed by atoms with Crippen LogP contribution in [0.5, 0.6) is 0 Å². The molecule has 7 nitrogen and oxygen atoms in total. The van der Waals surface area contributed by atoms with E-state index in [2.05, 4.69) is 15.5 Å². The summed E-state index contributed by atoms with van der Waals surface area (Å²) in [7, 11) is 1.81. The smallest absolute Gasteiger partial charge is 0.283 e. The van der Waals surface area contributed by atoms with Gasteiger partial charge in [0.05, 0.1) is 4.92 Å². The van der Waals surface area contributed by atoms with Gasteiger partial charge in [0.1, 0.15) is 5.56 Å². The Labute approximate surface area is 113 Å². The van der Waals surface area contributed by atoms with Crippen LogP contribution in [0.15, 0.2) is 22.6 Å². The molecular formula is C11H11ClN4O3. The number of nitrogens with one attached hydrogen (secondary N) is 1. The lowest BCUT2D eigenvalue weighted by atomic mass is 10.2. The van der Waals surface area contributed by atoms with Gasteiger partial charge >= 0.3 is 0 Å². The molecule has 8 heteroatoms. The average molecular weight is 283 g/mol. The number of benzene rings is 1. The third-order valence-electron chi connectivity index (χ3n) is 2.44. The predicted octanol–water partition coefficient (Wildman–Crippen LogP) is 2.06. The van der Waals surface area contributed by atoms with Gasteiger partial charge in [0, 0.05) is 24.1 Å². The third-order valence-corrected chi connectivity index (χ3v) is 2.68. The van der Waals surface area contributed by atoms with Crippen molar-refractivity contribution in [1.82, 2.24) is 15.5 Å². The van der Waals surface area contributed by atoms with E-state index in [1.54, 1.807) is 13.1 Å². The zero-order valence-corrected chi connectivity index (χ0v) is 10.8. The fourth-order valence-electron chi connectivity index (χ4n) is 1.53. The molecule has 2 rings (SSSR count). The lowest BCUT2D eigenvalue weighted by Gasteiger charge is -1.98. The molecule has 0 radical (unpaired) electrons. The second kappa shape index (κ2) is 5.77. The number of aromatic nitrogens is 2. The SMILES string of the molecule is CNCCc1nnc(-c2ccc(Cl)cc2[N+](=O)[O-])o1. The first kappa shape index (κ1) is 13.4. The van der Waals surface area contributed by atoms with Crippen molar-refractivity contribution in [2.45, 2.75) is 6.42 Å². The van der Waals surface area contributed by atoms with E-state index in [0.717, 1.165) is 0 Å². The van der Waals surface area contributed by atoms with E-state index in [9.17, 15) is 10.1 Å². The van der Waals surface area contributed by atoms with Crippen LogP contribution < -0.4 is 5.32 Å². The van der Waals surface area contributed by atoms with Crippen LogP contribution in [0, 0.1) is 10.1 Å². The largest absolute Gasteiger partial charge is 0.420 e. The molecule has 0 aliphatic heterocycles. The summed E-state index contributed by atoms with van der Waals surface area (Å²) in [6.45, 7) is 0.685. The van der Waals surface area contributed by atoms with Gasteiger partial charge < -0.3 is 9.73 Å². The Morgan fingerprint density at radius 2 is 2.26 bits per heavy atom. The van der Waals surface area contributed by atoms with E-state index in [1.165, 1.54) is 12.1 Å². The normalized spacial score (nSPS) is 10.6. The molecule has 0 fully saturated rings. The Bertz CT molecular complexity index is 599. The van der Waals surface area contributed by atoms with Crippen molar-refractivity contribution < 1.29 is 9.34 Å². The molecule has 0 atom stereocenters. The number of nitro benzene ring substituents is 1. The third kappa shape index (κ3) is 3.07.